The maximum atomic E-state index is 11.2. The van der Waals surface area contributed by atoms with E-state index >= 15 is 0 Å². The fourth-order valence-electron chi connectivity index (χ4n) is 2.40. The Morgan fingerprint density at radius 3 is 2.67 bits per heavy atom. The molecule has 21 heavy (non-hydrogen) atoms. The maximum absolute atomic E-state index is 11.2. The molecule has 1 heterocycles. The van der Waals surface area contributed by atoms with E-state index in [2.05, 4.69) is 0 Å². The number of halogens is 1. The quantitative estimate of drug-likeness (QED) is 0.946. The van der Waals surface area contributed by atoms with Crippen molar-refractivity contribution in [3.05, 3.63) is 59.1 Å². The minimum Gasteiger partial charge on any atom is -0.478 e. The number of carboxylic acid groups (broad SMARTS) is 1. The van der Waals surface area contributed by atoms with Crippen molar-refractivity contribution in [2.75, 3.05) is 11.4 Å². The van der Waals surface area contributed by atoms with Gasteiger partial charge in [0.25, 0.3) is 0 Å². The van der Waals surface area contributed by atoms with Crippen molar-refractivity contribution in [2.24, 2.45) is 0 Å². The molecule has 0 bridgehead atoms. The molecule has 1 aliphatic heterocycles. The molecule has 2 aromatic carbocycles. The number of hydrogen-bond donors (Lipinski definition) is 1. The highest BCUT2D eigenvalue weighted by atomic mass is 35.5. The summed E-state index contributed by atoms with van der Waals surface area (Å²) in [7, 11) is 0. The highest BCUT2D eigenvalue weighted by Gasteiger charge is 2.30. The normalized spacial score (nSPS) is 17.0. The van der Waals surface area contributed by atoms with Crippen LogP contribution in [0.2, 0.25) is 5.02 Å². The standard InChI is InChI=1S/C16H14ClNO3/c17-12-7-5-11(6-8-12)9-18-10-15(16(19)20)21-14-4-2-1-3-13(14)18/h1-8,15H,9-10H2,(H,19,20). The second kappa shape index (κ2) is 5.66. The van der Waals surface area contributed by atoms with Gasteiger partial charge in [-0.2, -0.15) is 0 Å². The molecule has 108 valence electrons. The monoisotopic (exact) mass is 303 g/mol. The van der Waals surface area contributed by atoms with Crippen LogP contribution in [0.4, 0.5) is 5.69 Å². The molecule has 0 saturated carbocycles. The van der Waals surface area contributed by atoms with Gasteiger partial charge in [-0.1, -0.05) is 35.9 Å². The van der Waals surface area contributed by atoms with Gasteiger partial charge in [0.05, 0.1) is 12.2 Å². The molecule has 0 amide bonds. The highest BCUT2D eigenvalue weighted by molar-refractivity contribution is 6.30. The van der Waals surface area contributed by atoms with E-state index in [4.69, 9.17) is 16.3 Å². The number of carbonyl (C=O) groups is 1. The number of benzene rings is 2. The zero-order valence-electron chi connectivity index (χ0n) is 11.2. The number of para-hydroxylation sites is 2. The molecule has 1 aliphatic rings. The molecule has 2 aromatic rings. The lowest BCUT2D eigenvalue weighted by molar-refractivity contribution is -0.144. The van der Waals surface area contributed by atoms with Gasteiger partial charge in [0, 0.05) is 11.6 Å². The summed E-state index contributed by atoms with van der Waals surface area (Å²) in [4.78, 5) is 13.3. The summed E-state index contributed by atoms with van der Waals surface area (Å²) in [5.74, 6) is -0.351. The van der Waals surface area contributed by atoms with Gasteiger partial charge in [0.1, 0.15) is 5.75 Å². The van der Waals surface area contributed by atoms with E-state index in [1.807, 2.05) is 47.4 Å². The fourth-order valence-corrected chi connectivity index (χ4v) is 2.52. The zero-order chi connectivity index (χ0) is 14.8. The molecule has 0 saturated heterocycles. The van der Waals surface area contributed by atoms with E-state index < -0.39 is 12.1 Å². The average Bonchev–Trinajstić information content (AvgIpc) is 2.49. The first-order chi connectivity index (χ1) is 10.1. The molecule has 1 unspecified atom stereocenters. The number of nitrogens with zero attached hydrogens (tertiary/aromatic N) is 1. The van der Waals surface area contributed by atoms with Gasteiger partial charge < -0.3 is 14.7 Å². The molecule has 1 N–H and O–H groups in total. The van der Waals surface area contributed by atoms with Crippen LogP contribution < -0.4 is 9.64 Å². The smallest absolute Gasteiger partial charge is 0.346 e. The highest BCUT2D eigenvalue weighted by Crippen LogP contribution is 2.34. The molecule has 0 radical (unpaired) electrons. The van der Waals surface area contributed by atoms with E-state index in [9.17, 15) is 9.90 Å². The number of aliphatic carboxylic acids is 1. The summed E-state index contributed by atoms with van der Waals surface area (Å²) in [5, 5.41) is 9.90. The van der Waals surface area contributed by atoms with Crippen molar-refractivity contribution in [1.29, 1.82) is 0 Å². The topological polar surface area (TPSA) is 49.8 Å². The minimum absolute atomic E-state index is 0.314. The summed E-state index contributed by atoms with van der Waals surface area (Å²) in [6.45, 7) is 0.927. The first-order valence-corrected chi connectivity index (χ1v) is 6.99. The Hall–Kier alpha value is -2.20. The first kappa shape index (κ1) is 13.8. The van der Waals surface area contributed by atoms with Crippen LogP contribution in [-0.2, 0) is 11.3 Å². The number of carboxylic acids is 1. The van der Waals surface area contributed by atoms with Crippen molar-refractivity contribution in [2.45, 2.75) is 12.6 Å². The number of ether oxygens (including phenoxy) is 1. The van der Waals surface area contributed by atoms with Crippen LogP contribution in [0.1, 0.15) is 5.56 Å². The van der Waals surface area contributed by atoms with Gasteiger partial charge in [0.2, 0.25) is 6.10 Å². The zero-order valence-corrected chi connectivity index (χ0v) is 12.0. The van der Waals surface area contributed by atoms with Gasteiger partial charge in [-0.25, -0.2) is 4.79 Å². The molecule has 5 heteroatoms. The van der Waals surface area contributed by atoms with Crippen LogP contribution in [0, 0.1) is 0 Å². The van der Waals surface area contributed by atoms with Crippen molar-refractivity contribution >= 4 is 23.3 Å². The molecular weight excluding hydrogens is 290 g/mol. The van der Waals surface area contributed by atoms with Gasteiger partial charge >= 0.3 is 5.97 Å². The largest absolute Gasteiger partial charge is 0.478 e. The van der Waals surface area contributed by atoms with Crippen molar-refractivity contribution < 1.29 is 14.6 Å². The van der Waals surface area contributed by atoms with E-state index in [0.29, 0.717) is 23.9 Å². The van der Waals surface area contributed by atoms with E-state index in [1.165, 1.54) is 0 Å². The molecule has 0 aliphatic carbocycles. The predicted octanol–water partition coefficient (Wildman–Crippen LogP) is 3.19. The lowest BCUT2D eigenvalue weighted by Gasteiger charge is -2.34. The van der Waals surface area contributed by atoms with Gasteiger partial charge in [0.15, 0.2) is 0 Å². The van der Waals surface area contributed by atoms with Gasteiger partial charge in [-0.3, -0.25) is 0 Å². The summed E-state index contributed by atoms with van der Waals surface area (Å²) in [6.07, 6.45) is -0.854. The third-order valence-corrected chi connectivity index (χ3v) is 3.68. The van der Waals surface area contributed by atoms with E-state index in [-0.39, 0.29) is 0 Å². The van der Waals surface area contributed by atoms with Gasteiger partial charge in [-0.05, 0) is 29.8 Å². The lowest BCUT2D eigenvalue weighted by atomic mass is 10.1. The van der Waals surface area contributed by atoms with E-state index in [0.717, 1.165) is 11.3 Å². The Morgan fingerprint density at radius 1 is 1.24 bits per heavy atom. The Labute approximate surface area is 127 Å². The summed E-state index contributed by atoms with van der Waals surface area (Å²) in [5.41, 5.74) is 1.98. The fraction of sp³-hybridized carbons (Fsp3) is 0.188. The molecular formula is C16H14ClNO3. The summed E-state index contributed by atoms with van der Waals surface area (Å²) >= 11 is 5.89. The second-order valence-electron chi connectivity index (χ2n) is 4.92. The van der Waals surface area contributed by atoms with E-state index in [1.54, 1.807) is 6.07 Å². The van der Waals surface area contributed by atoms with Crippen LogP contribution in [0.3, 0.4) is 0 Å². The van der Waals surface area contributed by atoms with Crippen molar-refractivity contribution in [3.8, 4) is 5.75 Å². The molecule has 4 nitrogen and oxygen atoms in total. The average molecular weight is 304 g/mol. The molecule has 0 aromatic heterocycles. The Morgan fingerprint density at radius 2 is 1.95 bits per heavy atom. The van der Waals surface area contributed by atoms with Gasteiger partial charge in [-0.15, -0.1) is 0 Å². The van der Waals surface area contributed by atoms with Crippen molar-refractivity contribution in [1.82, 2.24) is 0 Å². The van der Waals surface area contributed by atoms with Crippen LogP contribution in [0.15, 0.2) is 48.5 Å². The van der Waals surface area contributed by atoms with Crippen molar-refractivity contribution in [3.63, 3.8) is 0 Å². The first-order valence-electron chi connectivity index (χ1n) is 6.61. The molecule has 0 spiro atoms. The second-order valence-corrected chi connectivity index (χ2v) is 5.36. The minimum atomic E-state index is -0.953. The summed E-state index contributed by atoms with van der Waals surface area (Å²) < 4.78 is 5.52. The SMILES string of the molecule is O=C(O)C1CN(Cc2ccc(Cl)cc2)c2ccccc2O1. The molecule has 3 rings (SSSR count). The third kappa shape index (κ3) is 2.95. The third-order valence-electron chi connectivity index (χ3n) is 3.42. The van der Waals surface area contributed by atoms with Crippen LogP contribution in [-0.4, -0.2) is 23.7 Å². The van der Waals surface area contributed by atoms with Crippen LogP contribution >= 0.6 is 11.6 Å². The number of fused-ring (bicyclic) bond motifs is 1. The number of anilines is 1. The Balaban J connectivity index is 1.89. The molecule has 0 fully saturated rings. The Bertz CT molecular complexity index is 657. The maximum Gasteiger partial charge on any atom is 0.346 e. The summed E-state index contributed by atoms with van der Waals surface area (Å²) in [6, 6.07) is 15.0. The number of rotatable bonds is 3. The van der Waals surface area contributed by atoms with Crippen LogP contribution in [0.5, 0.6) is 5.75 Å². The predicted molar refractivity (Wildman–Crippen MR) is 81.0 cm³/mol. The lowest BCUT2D eigenvalue weighted by Crippen LogP contribution is -2.44. The number of hydrogen-bond acceptors (Lipinski definition) is 3. The molecule has 1 atom stereocenters. The van der Waals surface area contributed by atoms with Crippen LogP contribution in [0.25, 0.3) is 0 Å². The Kier molecular flexibility index (Phi) is 3.71.